The zero-order valence-electron chi connectivity index (χ0n) is 13.2. The van der Waals surface area contributed by atoms with Crippen LogP contribution in [0.2, 0.25) is 0 Å². The van der Waals surface area contributed by atoms with Gasteiger partial charge in [0.1, 0.15) is 0 Å². The second-order valence-corrected chi connectivity index (χ2v) is 7.26. The lowest BCUT2D eigenvalue weighted by Crippen LogP contribution is -2.52. The lowest BCUT2D eigenvalue weighted by atomic mass is 9.88. The Morgan fingerprint density at radius 2 is 1.65 bits per heavy atom. The molecule has 0 radical (unpaired) electrons. The van der Waals surface area contributed by atoms with Crippen LogP contribution in [0.1, 0.15) is 42.5 Å². The quantitative estimate of drug-likeness (QED) is 0.793. The van der Waals surface area contributed by atoms with E-state index in [1.807, 2.05) is 9.80 Å². The van der Waals surface area contributed by atoms with Crippen molar-refractivity contribution in [2.45, 2.75) is 32.1 Å². The van der Waals surface area contributed by atoms with Crippen LogP contribution in [0.5, 0.6) is 0 Å². The molecule has 0 bridgehead atoms. The number of hydrogen-bond donors (Lipinski definition) is 0. The summed E-state index contributed by atoms with van der Waals surface area (Å²) in [6.07, 6.45) is 8.91. The molecule has 2 fully saturated rings. The molecular formula is C17H22BrN3O2. The molecule has 1 aromatic rings. The Bertz CT molecular complexity index is 579. The molecule has 23 heavy (non-hydrogen) atoms. The van der Waals surface area contributed by atoms with Crippen molar-refractivity contribution in [3.63, 3.8) is 0 Å². The summed E-state index contributed by atoms with van der Waals surface area (Å²) in [6.45, 7) is 2.48. The number of rotatable bonds is 2. The summed E-state index contributed by atoms with van der Waals surface area (Å²) in [4.78, 5) is 32.8. The number of aromatic nitrogens is 1. The van der Waals surface area contributed by atoms with Crippen LogP contribution < -0.4 is 0 Å². The van der Waals surface area contributed by atoms with E-state index in [-0.39, 0.29) is 11.8 Å². The van der Waals surface area contributed by atoms with Crippen molar-refractivity contribution >= 4 is 27.7 Å². The van der Waals surface area contributed by atoms with Gasteiger partial charge in [-0.05, 0) is 34.8 Å². The van der Waals surface area contributed by atoms with E-state index in [9.17, 15) is 9.59 Å². The summed E-state index contributed by atoms with van der Waals surface area (Å²) in [7, 11) is 0. The molecule has 1 aliphatic heterocycles. The molecular weight excluding hydrogens is 358 g/mol. The summed E-state index contributed by atoms with van der Waals surface area (Å²) in [5.41, 5.74) is 0.589. The van der Waals surface area contributed by atoms with Gasteiger partial charge in [-0.15, -0.1) is 0 Å². The normalized spacial score (nSPS) is 19.7. The monoisotopic (exact) mass is 379 g/mol. The Labute approximate surface area is 145 Å². The molecule has 1 saturated carbocycles. The molecule has 3 rings (SSSR count). The second kappa shape index (κ2) is 7.43. The predicted molar refractivity (Wildman–Crippen MR) is 91.0 cm³/mol. The molecule has 0 spiro atoms. The smallest absolute Gasteiger partial charge is 0.255 e. The van der Waals surface area contributed by atoms with Gasteiger partial charge in [0.25, 0.3) is 5.91 Å². The topological polar surface area (TPSA) is 53.5 Å². The molecule has 2 amide bonds. The Balaban J connectivity index is 1.55. The average Bonchev–Trinajstić information content (AvgIpc) is 2.61. The van der Waals surface area contributed by atoms with Crippen molar-refractivity contribution in [3.05, 3.63) is 28.5 Å². The summed E-state index contributed by atoms with van der Waals surface area (Å²) < 4.78 is 0.800. The van der Waals surface area contributed by atoms with Crippen LogP contribution in [0.3, 0.4) is 0 Å². The molecule has 5 nitrogen and oxygen atoms in total. The van der Waals surface area contributed by atoms with Crippen LogP contribution >= 0.6 is 15.9 Å². The van der Waals surface area contributed by atoms with Crippen molar-refractivity contribution in [2.24, 2.45) is 5.92 Å². The molecule has 0 aromatic carbocycles. The van der Waals surface area contributed by atoms with Crippen molar-refractivity contribution in [1.82, 2.24) is 14.8 Å². The minimum atomic E-state index is -0.0106. The SMILES string of the molecule is O=C(c1cncc(Br)c1)N1CCN(C(=O)C2CCCCC2)CC1. The highest BCUT2D eigenvalue weighted by Gasteiger charge is 2.29. The van der Waals surface area contributed by atoms with Crippen LogP contribution in [0.25, 0.3) is 0 Å². The number of carbonyl (C=O) groups is 2. The lowest BCUT2D eigenvalue weighted by Gasteiger charge is -2.37. The molecule has 2 heterocycles. The zero-order chi connectivity index (χ0) is 16.2. The van der Waals surface area contributed by atoms with Gasteiger partial charge in [0, 0.05) is 49.0 Å². The average molecular weight is 380 g/mol. The summed E-state index contributed by atoms with van der Waals surface area (Å²) in [5, 5.41) is 0. The summed E-state index contributed by atoms with van der Waals surface area (Å²) >= 11 is 3.34. The van der Waals surface area contributed by atoms with Gasteiger partial charge in [-0.3, -0.25) is 14.6 Å². The number of pyridine rings is 1. The van der Waals surface area contributed by atoms with Crippen molar-refractivity contribution < 1.29 is 9.59 Å². The number of amides is 2. The van der Waals surface area contributed by atoms with Crippen LogP contribution in [0.15, 0.2) is 22.9 Å². The molecule has 1 aromatic heterocycles. The first-order valence-corrected chi connectivity index (χ1v) is 9.13. The Kier molecular flexibility index (Phi) is 5.30. The van der Waals surface area contributed by atoms with E-state index in [2.05, 4.69) is 20.9 Å². The zero-order valence-corrected chi connectivity index (χ0v) is 14.8. The molecule has 2 aliphatic rings. The highest BCUT2D eigenvalue weighted by Crippen LogP contribution is 2.26. The number of nitrogens with zero attached hydrogens (tertiary/aromatic N) is 3. The predicted octanol–water partition coefficient (Wildman–Crippen LogP) is 2.71. The van der Waals surface area contributed by atoms with Crippen molar-refractivity contribution in [1.29, 1.82) is 0 Å². The van der Waals surface area contributed by atoms with Gasteiger partial charge in [-0.1, -0.05) is 19.3 Å². The maximum absolute atomic E-state index is 12.6. The first-order chi connectivity index (χ1) is 11.1. The van der Waals surface area contributed by atoms with Crippen LogP contribution in [-0.2, 0) is 4.79 Å². The van der Waals surface area contributed by atoms with E-state index in [4.69, 9.17) is 0 Å². The molecule has 1 aliphatic carbocycles. The highest BCUT2D eigenvalue weighted by atomic mass is 79.9. The molecule has 1 saturated heterocycles. The second-order valence-electron chi connectivity index (χ2n) is 6.34. The van der Waals surface area contributed by atoms with E-state index in [1.54, 1.807) is 18.5 Å². The number of carbonyl (C=O) groups excluding carboxylic acids is 2. The first-order valence-electron chi connectivity index (χ1n) is 8.34. The van der Waals surface area contributed by atoms with Gasteiger partial charge >= 0.3 is 0 Å². The third kappa shape index (κ3) is 3.91. The molecule has 0 unspecified atom stereocenters. The minimum absolute atomic E-state index is 0.0106. The maximum atomic E-state index is 12.6. The Morgan fingerprint density at radius 1 is 1.00 bits per heavy atom. The van der Waals surface area contributed by atoms with Gasteiger partial charge in [-0.2, -0.15) is 0 Å². The first kappa shape index (κ1) is 16.4. The van der Waals surface area contributed by atoms with Gasteiger partial charge in [-0.25, -0.2) is 0 Å². The van der Waals surface area contributed by atoms with Crippen molar-refractivity contribution in [2.75, 3.05) is 26.2 Å². The fourth-order valence-corrected chi connectivity index (χ4v) is 3.81. The van der Waals surface area contributed by atoms with Crippen LogP contribution in [0.4, 0.5) is 0 Å². The fraction of sp³-hybridized carbons (Fsp3) is 0.588. The molecule has 0 atom stereocenters. The molecule has 124 valence electrons. The standard InChI is InChI=1S/C17H22BrN3O2/c18-15-10-14(11-19-12-15)17(23)21-8-6-20(7-9-21)16(22)13-4-2-1-3-5-13/h10-13H,1-9H2. The van der Waals surface area contributed by atoms with Gasteiger partial charge in [0.15, 0.2) is 0 Å². The van der Waals surface area contributed by atoms with Gasteiger partial charge < -0.3 is 9.80 Å². The van der Waals surface area contributed by atoms with Gasteiger partial charge in [0.05, 0.1) is 5.56 Å². The number of hydrogen-bond acceptors (Lipinski definition) is 3. The fourth-order valence-electron chi connectivity index (χ4n) is 3.45. The third-order valence-electron chi connectivity index (χ3n) is 4.78. The third-order valence-corrected chi connectivity index (χ3v) is 5.22. The number of halogens is 1. The summed E-state index contributed by atoms with van der Waals surface area (Å²) in [6, 6.07) is 1.79. The Morgan fingerprint density at radius 3 is 2.30 bits per heavy atom. The molecule has 0 N–H and O–H groups in total. The van der Waals surface area contributed by atoms with E-state index in [1.165, 1.54) is 19.3 Å². The maximum Gasteiger partial charge on any atom is 0.255 e. The highest BCUT2D eigenvalue weighted by molar-refractivity contribution is 9.10. The molecule has 6 heteroatoms. The lowest BCUT2D eigenvalue weighted by molar-refractivity contribution is -0.138. The van der Waals surface area contributed by atoms with E-state index < -0.39 is 0 Å². The largest absolute Gasteiger partial charge is 0.339 e. The van der Waals surface area contributed by atoms with Crippen LogP contribution in [-0.4, -0.2) is 52.8 Å². The van der Waals surface area contributed by atoms with Crippen LogP contribution in [0, 0.1) is 5.92 Å². The van der Waals surface area contributed by atoms with E-state index in [0.717, 1.165) is 17.3 Å². The summed E-state index contributed by atoms with van der Waals surface area (Å²) in [5.74, 6) is 0.491. The van der Waals surface area contributed by atoms with E-state index in [0.29, 0.717) is 37.6 Å². The van der Waals surface area contributed by atoms with E-state index >= 15 is 0 Å². The van der Waals surface area contributed by atoms with Crippen molar-refractivity contribution in [3.8, 4) is 0 Å². The Hall–Kier alpha value is -1.43. The van der Waals surface area contributed by atoms with Gasteiger partial charge in [0.2, 0.25) is 5.91 Å². The minimum Gasteiger partial charge on any atom is -0.339 e. The number of piperazine rings is 1.